The molecular formula is C15H13NO4. The Bertz CT molecular complexity index is 635. The summed E-state index contributed by atoms with van der Waals surface area (Å²) >= 11 is 0. The minimum Gasteiger partial charge on any atom is -0.508 e. The number of phenolic OH excluding ortho intramolecular Hbond substituents is 1. The van der Waals surface area contributed by atoms with Crippen LogP contribution in [0.4, 0.5) is 5.69 Å². The van der Waals surface area contributed by atoms with E-state index in [1.165, 1.54) is 24.3 Å². The van der Waals surface area contributed by atoms with Crippen LogP contribution in [0.15, 0.2) is 48.5 Å². The Kier molecular flexibility index (Phi) is 4.00. The molecule has 20 heavy (non-hydrogen) atoms. The molecule has 2 aromatic carbocycles. The smallest absolute Gasteiger partial charge is 0.307 e. The average molecular weight is 271 g/mol. The number of phenols is 1. The molecule has 0 atom stereocenters. The third-order valence-corrected chi connectivity index (χ3v) is 2.74. The molecule has 0 heterocycles. The third kappa shape index (κ3) is 3.35. The predicted octanol–water partition coefficient (Wildman–Crippen LogP) is 2.27. The number of para-hydroxylation sites is 1. The van der Waals surface area contributed by atoms with E-state index >= 15 is 0 Å². The van der Waals surface area contributed by atoms with E-state index in [1.54, 1.807) is 24.3 Å². The number of nitrogens with one attached hydrogen (secondary N) is 1. The van der Waals surface area contributed by atoms with Crippen LogP contribution < -0.4 is 5.32 Å². The molecule has 1 amide bonds. The predicted molar refractivity (Wildman–Crippen MR) is 73.8 cm³/mol. The van der Waals surface area contributed by atoms with Crippen LogP contribution in [0.2, 0.25) is 0 Å². The molecule has 0 radical (unpaired) electrons. The van der Waals surface area contributed by atoms with Gasteiger partial charge in [-0.3, -0.25) is 9.59 Å². The number of carboxylic acids is 1. The summed E-state index contributed by atoms with van der Waals surface area (Å²) in [4.78, 5) is 22.8. The number of amides is 1. The molecule has 0 saturated carbocycles. The van der Waals surface area contributed by atoms with Crippen molar-refractivity contribution in [3.63, 3.8) is 0 Å². The summed E-state index contributed by atoms with van der Waals surface area (Å²) in [7, 11) is 0. The molecule has 5 nitrogen and oxygen atoms in total. The molecule has 102 valence electrons. The fourth-order valence-corrected chi connectivity index (χ4v) is 1.77. The van der Waals surface area contributed by atoms with Gasteiger partial charge in [0.2, 0.25) is 0 Å². The molecule has 3 N–H and O–H groups in total. The van der Waals surface area contributed by atoms with Crippen LogP contribution in [-0.2, 0) is 11.2 Å². The fraction of sp³-hybridized carbons (Fsp3) is 0.0667. The summed E-state index contributed by atoms with van der Waals surface area (Å²) in [5.41, 5.74) is 1.38. The molecule has 0 bridgehead atoms. The van der Waals surface area contributed by atoms with Crippen LogP contribution in [0, 0.1) is 0 Å². The first-order valence-electron chi connectivity index (χ1n) is 5.96. The number of rotatable bonds is 4. The monoisotopic (exact) mass is 271 g/mol. The summed E-state index contributed by atoms with van der Waals surface area (Å²) in [6.07, 6.45) is -0.161. The second-order valence-electron chi connectivity index (χ2n) is 4.23. The first-order valence-corrected chi connectivity index (χ1v) is 5.96. The molecule has 0 aliphatic rings. The number of aromatic hydroxyl groups is 1. The van der Waals surface area contributed by atoms with Crippen molar-refractivity contribution in [1.82, 2.24) is 0 Å². The quantitative estimate of drug-likeness (QED) is 0.796. The first-order chi connectivity index (χ1) is 9.56. The van der Waals surface area contributed by atoms with E-state index < -0.39 is 5.97 Å². The minimum absolute atomic E-state index is 0.0767. The van der Waals surface area contributed by atoms with Gasteiger partial charge in [0.05, 0.1) is 6.42 Å². The summed E-state index contributed by atoms with van der Waals surface area (Å²) in [6.45, 7) is 0. The van der Waals surface area contributed by atoms with Gasteiger partial charge in [-0.2, -0.15) is 0 Å². The van der Waals surface area contributed by atoms with Crippen molar-refractivity contribution in [2.45, 2.75) is 6.42 Å². The second-order valence-corrected chi connectivity index (χ2v) is 4.23. The maximum atomic E-state index is 12.0. The molecule has 0 aliphatic carbocycles. The number of hydrogen-bond donors (Lipinski definition) is 3. The molecule has 0 unspecified atom stereocenters. The van der Waals surface area contributed by atoms with Gasteiger partial charge in [0, 0.05) is 11.3 Å². The molecule has 0 aromatic heterocycles. The zero-order valence-electron chi connectivity index (χ0n) is 10.5. The van der Waals surface area contributed by atoms with Crippen molar-refractivity contribution in [2.24, 2.45) is 0 Å². The van der Waals surface area contributed by atoms with Crippen molar-refractivity contribution in [2.75, 3.05) is 5.32 Å². The van der Waals surface area contributed by atoms with Gasteiger partial charge in [-0.1, -0.05) is 18.2 Å². The van der Waals surface area contributed by atoms with E-state index in [-0.39, 0.29) is 18.1 Å². The maximum Gasteiger partial charge on any atom is 0.307 e. The zero-order chi connectivity index (χ0) is 14.5. The molecule has 2 aromatic rings. The molecule has 0 spiro atoms. The van der Waals surface area contributed by atoms with E-state index in [9.17, 15) is 14.7 Å². The summed E-state index contributed by atoms with van der Waals surface area (Å²) < 4.78 is 0. The topological polar surface area (TPSA) is 86.6 Å². The van der Waals surface area contributed by atoms with Gasteiger partial charge >= 0.3 is 5.97 Å². The lowest BCUT2D eigenvalue weighted by molar-refractivity contribution is -0.136. The van der Waals surface area contributed by atoms with Crippen LogP contribution >= 0.6 is 0 Å². The van der Waals surface area contributed by atoms with Gasteiger partial charge in [0.15, 0.2) is 0 Å². The Morgan fingerprint density at radius 2 is 1.65 bits per heavy atom. The summed E-state index contributed by atoms with van der Waals surface area (Å²) in [6, 6.07) is 12.6. The van der Waals surface area contributed by atoms with Crippen molar-refractivity contribution in [1.29, 1.82) is 0 Å². The number of carbonyl (C=O) groups excluding carboxylic acids is 1. The highest BCUT2D eigenvalue weighted by Gasteiger charge is 2.10. The van der Waals surface area contributed by atoms with Gasteiger partial charge in [0.25, 0.3) is 5.91 Å². The summed E-state index contributed by atoms with van der Waals surface area (Å²) in [5, 5.41) is 20.7. The lowest BCUT2D eigenvalue weighted by Gasteiger charge is -2.09. The van der Waals surface area contributed by atoms with Gasteiger partial charge in [-0.25, -0.2) is 0 Å². The van der Waals surface area contributed by atoms with Gasteiger partial charge in [-0.15, -0.1) is 0 Å². The van der Waals surface area contributed by atoms with E-state index in [2.05, 4.69) is 5.32 Å². The van der Waals surface area contributed by atoms with Crippen molar-refractivity contribution < 1.29 is 19.8 Å². The fourth-order valence-electron chi connectivity index (χ4n) is 1.77. The van der Waals surface area contributed by atoms with Crippen molar-refractivity contribution in [3.8, 4) is 5.75 Å². The van der Waals surface area contributed by atoms with Gasteiger partial charge in [0.1, 0.15) is 5.75 Å². The maximum absolute atomic E-state index is 12.0. The lowest BCUT2D eigenvalue weighted by Crippen LogP contribution is -2.14. The van der Waals surface area contributed by atoms with Gasteiger partial charge < -0.3 is 15.5 Å². The third-order valence-electron chi connectivity index (χ3n) is 2.74. The molecule has 2 rings (SSSR count). The Morgan fingerprint density at radius 1 is 1.00 bits per heavy atom. The number of aliphatic carboxylic acids is 1. The van der Waals surface area contributed by atoms with Crippen LogP contribution in [0.1, 0.15) is 15.9 Å². The van der Waals surface area contributed by atoms with Crippen molar-refractivity contribution in [3.05, 3.63) is 59.7 Å². The number of carboxylic acid groups (broad SMARTS) is 1. The van der Waals surface area contributed by atoms with E-state index in [4.69, 9.17) is 5.11 Å². The Labute approximate surface area is 115 Å². The number of anilines is 1. The zero-order valence-corrected chi connectivity index (χ0v) is 10.5. The number of carbonyl (C=O) groups is 2. The average Bonchev–Trinajstić information content (AvgIpc) is 2.41. The minimum atomic E-state index is -0.962. The van der Waals surface area contributed by atoms with Crippen LogP contribution in [0.3, 0.4) is 0 Å². The Morgan fingerprint density at radius 3 is 2.30 bits per heavy atom. The second kappa shape index (κ2) is 5.88. The number of benzene rings is 2. The highest BCUT2D eigenvalue weighted by molar-refractivity contribution is 6.04. The largest absolute Gasteiger partial charge is 0.508 e. The molecule has 0 saturated heterocycles. The number of hydrogen-bond acceptors (Lipinski definition) is 3. The SMILES string of the molecule is O=C(O)Cc1ccccc1NC(=O)c1ccc(O)cc1. The van der Waals surface area contributed by atoms with Crippen LogP contribution in [0.5, 0.6) is 5.75 Å². The molecule has 0 fully saturated rings. The lowest BCUT2D eigenvalue weighted by atomic mass is 10.1. The highest BCUT2D eigenvalue weighted by Crippen LogP contribution is 2.17. The first kappa shape index (κ1) is 13.6. The van der Waals surface area contributed by atoms with E-state index in [1.807, 2.05) is 0 Å². The normalized spacial score (nSPS) is 10.0. The van der Waals surface area contributed by atoms with E-state index in [0.717, 1.165) is 0 Å². The van der Waals surface area contributed by atoms with Crippen LogP contribution in [-0.4, -0.2) is 22.1 Å². The standard InChI is InChI=1S/C15H13NO4/c17-12-7-5-10(6-8-12)15(20)16-13-4-2-1-3-11(13)9-14(18)19/h1-8,17H,9H2,(H,16,20)(H,18,19). The summed E-state index contributed by atoms with van der Waals surface area (Å²) in [5.74, 6) is -1.24. The van der Waals surface area contributed by atoms with Gasteiger partial charge in [-0.05, 0) is 35.9 Å². The highest BCUT2D eigenvalue weighted by atomic mass is 16.4. The Balaban J connectivity index is 2.19. The molecular weight excluding hydrogens is 258 g/mol. The Hall–Kier alpha value is -2.82. The van der Waals surface area contributed by atoms with Crippen LogP contribution in [0.25, 0.3) is 0 Å². The van der Waals surface area contributed by atoms with E-state index in [0.29, 0.717) is 16.8 Å². The molecule has 0 aliphatic heterocycles. The molecule has 5 heteroatoms. The van der Waals surface area contributed by atoms with Crippen molar-refractivity contribution >= 4 is 17.6 Å².